The van der Waals surface area contributed by atoms with E-state index in [4.69, 9.17) is 9.97 Å². The van der Waals surface area contributed by atoms with Crippen molar-refractivity contribution in [1.29, 1.82) is 0 Å². The van der Waals surface area contributed by atoms with Gasteiger partial charge in [-0.05, 0) is 67.4 Å². The molecule has 0 saturated heterocycles. The van der Waals surface area contributed by atoms with Crippen molar-refractivity contribution in [2.75, 3.05) is 0 Å². The third-order valence-corrected chi connectivity index (χ3v) is 12.2. The minimum atomic E-state index is 0.867. The van der Waals surface area contributed by atoms with Crippen LogP contribution in [0.1, 0.15) is 0 Å². The van der Waals surface area contributed by atoms with Crippen LogP contribution in [0, 0.1) is 0 Å². The minimum Gasteiger partial charge on any atom is -0.252 e. The van der Waals surface area contributed by atoms with Gasteiger partial charge in [0.05, 0.1) is 22.9 Å². The number of hydrogen-bond donors (Lipinski definition) is 0. The van der Waals surface area contributed by atoms with Gasteiger partial charge in [0.15, 0.2) is 0 Å². The van der Waals surface area contributed by atoms with Gasteiger partial charge < -0.3 is 0 Å². The molecular weight excluding hydrogens is 685 g/mol. The molecule has 0 radical (unpaired) electrons. The smallest absolute Gasteiger partial charge is 0.0979 e. The van der Waals surface area contributed by atoms with E-state index in [2.05, 4.69) is 188 Å². The molecule has 3 heteroatoms. The number of hydrogen-bond acceptors (Lipinski definition) is 3. The average molecular weight is 717 g/mol. The monoisotopic (exact) mass is 716 g/mol. The lowest BCUT2D eigenvalue weighted by atomic mass is 9.95. The number of aromatic nitrogens is 2. The molecule has 2 nitrogen and oxygen atoms in total. The summed E-state index contributed by atoms with van der Waals surface area (Å²) in [5.41, 5.74) is 13.5. The highest BCUT2D eigenvalue weighted by atomic mass is 32.1. The van der Waals surface area contributed by atoms with E-state index in [0.29, 0.717) is 0 Å². The van der Waals surface area contributed by atoms with E-state index in [-0.39, 0.29) is 0 Å². The highest BCUT2D eigenvalue weighted by Crippen LogP contribution is 2.44. The number of nitrogens with zero attached hydrogens (tertiary/aromatic N) is 2. The summed E-state index contributed by atoms with van der Waals surface area (Å²) < 4.78 is 2.66. The maximum absolute atomic E-state index is 5.24. The number of thiophene rings is 1. The third kappa shape index (κ3) is 5.32. The molecule has 0 aliphatic rings. The molecule has 0 unspecified atom stereocenters. The van der Waals surface area contributed by atoms with Crippen LogP contribution in [0.2, 0.25) is 0 Å². The Morgan fingerprint density at radius 2 is 0.745 bits per heavy atom. The van der Waals surface area contributed by atoms with Gasteiger partial charge in [-0.2, -0.15) is 0 Å². The van der Waals surface area contributed by atoms with E-state index in [0.717, 1.165) is 44.2 Å². The predicted octanol–water partition coefficient (Wildman–Crippen LogP) is 14.6. The fraction of sp³-hybridized carbons (Fsp3) is 0. The lowest BCUT2D eigenvalue weighted by Gasteiger charge is -2.11. The largest absolute Gasteiger partial charge is 0.252 e. The first-order chi connectivity index (χ1) is 27.3. The Labute approximate surface area is 322 Å². The second-order valence-electron chi connectivity index (χ2n) is 14.1. The molecular formula is C52H32N2S. The lowest BCUT2D eigenvalue weighted by Crippen LogP contribution is -1.92. The van der Waals surface area contributed by atoms with Gasteiger partial charge in [0.2, 0.25) is 0 Å². The summed E-state index contributed by atoms with van der Waals surface area (Å²) in [7, 11) is 0. The summed E-state index contributed by atoms with van der Waals surface area (Å²) in [5.74, 6) is 0. The van der Waals surface area contributed by atoms with Crippen molar-refractivity contribution in [1.82, 2.24) is 9.97 Å². The summed E-state index contributed by atoms with van der Waals surface area (Å²) in [5, 5.41) is 7.28. The standard InChI is InChI=1S/C52H32N2S/c1-2-12-34(13-3-1)40-22-10-24-46-47-25-11-23-41(52(47)55-51(40)46)35-28-26-33(27-29-35)36-14-8-15-37(30-36)38-16-9-17-39(31-38)48-32-53-49-44-20-6-4-18-42(44)43-19-5-7-21-45(43)50(49)54-48/h1-32H. The van der Waals surface area contributed by atoms with Crippen molar-refractivity contribution in [3.8, 4) is 55.8 Å². The van der Waals surface area contributed by atoms with Gasteiger partial charge in [-0.15, -0.1) is 11.3 Å². The third-order valence-electron chi connectivity index (χ3n) is 10.9. The SMILES string of the molecule is c1ccc(-c2cccc3c2sc2c(-c4ccc(-c5cccc(-c6cccc(-c7cnc8c9ccccc9c9ccccc9c8n7)c6)c5)cc4)cccc23)cc1. The molecule has 0 spiro atoms. The quantitative estimate of drug-likeness (QED) is 0.166. The number of rotatable bonds is 5. The van der Waals surface area contributed by atoms with E-state index in [9.17, 15) is 0 Å². The molecule has 11 aromatic rings. The molecule has 0 amide bonds. The van der Waals surface area contributed by atoms with Gasteiger partial charge in [-0.3, -0.25) is 4.98 Å². The summed E-state index contributed by atoms with van der Waals surface area (Å²) in [4.78, 5) is 10.2. The van der Waals surface area contributed by atoms with Crippen molar-refractivity contribution in [2.24, 2.45) is 0 Å². The van der Waals surface area contributed by atoms with E-state index in [1.165, 1.54) is 64.3 Å². The van der Waals surface area contributed by atoms with Gasteiger partial charge in [-0.1, -0.05) is 176 Å². The zero-order valence-corrected chi connectivity index (χ0v) is 30.6. The van der Waals surface area contributed by atoms with Gasteiger partial charge in [0.1, 0.15) is 0 Å². The Balaban J connectivity index is 0.931. The first-order valence-corrected chi connectivity index (χ1v) is 19.5. The number of fused-ring (bicyclic) bond motifs is 9. The van der Waals surface area contributed by atoms with Gasteiger partial charge in [0.25, 0.3) is 0 Å². The second kappa shape index (κ2) is 12.9. The first-order valence-electron chi connectivity index (χ1n) is 18.6. The van der Waals surface area contributed by atoms with Crippen LogP contribution in [-0.4, -0.2) is 9.97 Å². The van der Waals surface area contributed by atoms with E-state index in [1.54, 1.807) is 0 Å². The van der Waals surface area contributed by atoms with Gasteiger partial charge >= 0.3 is 0 Å². The Hall–Kier alpha value is -6.94. The van der Waals surface area contributed by atoms with E-state index < -0.39 is 0 Å². The molecule has 256 valence electrons. The van der Waals surface area contributed by atoms with Crippen molar-refractivity contribution in [3.63, 3.8) is 0 Å². The molecule has 0 atom stereocenters. The Morgan fingerprint density at radius 1 is 0.309 bits per heavy atom. The van der Waals surface area contributed by atoms with Crippen LogP contribution < -0.4 is 0 Å². The van der Waals surface area contributed by atoms with Crippen LogP contribution in [0.15, 0.2) is 194 Å². The highest BCUT2D eigenvalue weighted by molar-refractivity contribution is 7.26. The van der Waals surface area contributed by atoms with Crippen LogP contribution in [0.5, 0.6) is 0 Å². The van der Waals surface area contributed by atoms with E-state index >= 15 is 0 Å². The van der Waals surface area contributed by atoms with E-state index in [1.807, 2.05) is 17.5 Å². The van der Waals surface area contributed by atoms with Crippen molar-refractivity contribution in [3.05, 3.63) is 194 Å². The normalized spacial score (nSPS) is 11.6. The predicted molar refractivity (Wildman–Crippen MR) is 235 cm³/mol. The topological polar surface area (TPSA) is 25.8 Å². The van der Waals surface area contributed by atoms with Crippen molar-refractivity contribution < 1.29 is 0 Å². The molecule has 0 fully saturated rings. The summed E-state index contributed by atoms with van der Waals surface area (Å²) in [6.07, 6.45) is 1.92. The van der Waals surface area contributed by atoms with Crippen LogP contribution in [0.3, 0.4) is 0 Å². The molecule has 2 heterocycles. The first kappa shape index (κ1) is 31.6. The second-order valence-corrected chi connectivity index (χ2v) is 15.1. The average Bonchev–Trinajstić information content (AvgIpc) is 3.66. The molecule has 0 aliphatic carbocycles. The maximum Gasteiger partial charge on any atom is 0.0979 e. The van der Waals surface area contributed by atoms with Crippen LogP contribution in [0.4, 0.5) is 0 Å². The summed E-state index contributed by atoms with van der Waals surface area (Å²) in [6.45, 7) is 0. The van der Waals surface area contributed by atoms with Crippen molar-refractivity contribution >= 4 is 64.1 Å². The maximum atomic E-state index is 5.24. The fourth-order valence-electron chi connectivity index (χ4n) is 8.23. The highest BCUT2D eigenvalue weighted by Gasteiger charge is 2.15. The zero-order chi connectivity index (χ0) is 36.3. The minimum absolute atomic E-state index is 0.867. The van der Waals surface area contributed by atoms with Gasteiger partial charge in [0, 0.05) is 36.5 Å². The van der Waals surface area contributed by atoms with Crippen LogP contribution >= 0.6 is 11.3 Å². The zero-order valence-electron chi connectivity index (χ0n) is 29.8. The van der Waals surface area contributed by atoms with Gasteiger partial charge in [-0.25, -0.2) is 4.98 Å². The number of benzene rings is 9. The Bertz CT molecular complexity index is 3220. The molecule has 2 aromatic heterocycles. The Kier molecular flexibility index (Phi) is 7.39. The van der Waals surface area contributed by atoms with Crippen LogP contribution in [-0.2, 0) is 0 Å². The Morgan fingerprint density at radius 3 is 1.38 bits per heavy atom. The lowest BCUT2D eigenvalue weighted by molar-refractivity contribution is 1.31. The molecule has 0 aliphatic heterocycles. The molecule has 55 heavy (non-hydrogen) atoms. The molecule has 9 aromatic carbocycles. The summed E-state index contributed by atoms with van der Waals surface area (Å²) in [6, 6.07) is 67.6. The molecule has 0 N–H and O–H groups in total. The van der Waals surface area contributed by atoms with Crippen molar-refractivity contribution in [2.45, 2.75) is 0 Å². The van der Waals surface area contributed by atoms with Crippen LogP contribution in [0.25, 0.3) is 109 Å². The molecule has 0 saturated carbocycles. The summed E-state index contributed by atoms with van der Waals surface area (Å²) >= 11 is 1.90. The molecule has 11 rings (SSSR count). The molecule has 0 bridgehead atoms. The fourth-order valence-corrected chi connectivity index (χ4v) is 9.60.